The number of fused-ring (bicyclic) bond motifs is 1. The van der Waals surface area contributed by atoms with Gasteiger partial charge in [-0.15, -0.1) is 0 Å². The highest BCUT2D eigenvalue weighted by molar-refractivity contribution is 5.85. The summed E-state index contributed by atoms with van der Waals surface area (Å²) < 4.78 is 0. The summed E-state index contributed by atoms with van der Waals surface area (Å²) in [6, 6.07) is 13.9. The van der Waals surface area contributed by atoms with Gasteiger partial charge in [0.05, 0.1) is 6.10 Å². The lowest BCUT2D eigenvalue weighted by atomic mass is 10.0. The molecule has 0 aliphatic carbocycles. The molecule has 0 spiro atoms. The van der Waals surface area contributed by atoms with Crippen LogP contribution in [0.3, 0.4) is 0 Å². The SMILES string of the molecule is NC[C@H](O)c1cccc2ccccc12. The molecule has 0 bridgehead atoms. The molecule has 1 atom stereocenters. The summed E-state index contributed by atoms with van der Waals surface area (Å²) in [4.78, 5) is 0. The Bertz CT molecular complexity index is 434. The number of nitrogens with two attached hydrogens (primary N) is 1. The Balaban J connectivity index is 2.65. The number of aliphatic hydroxyl groups excluding tert-OH is 1. The molecule has 0 saturated heterocycles. The van der Waals surface area contributed by atoms with Gasteiger partial charge in [-0.3, -0.25) is 0 Å². The van der Waals surface area contributed by atoms with E-state index < -0.39 is 6.10 Å². The highest BCUT2D eigenvalue weighted by Crippen LogP contribution is 2.23. The van der Waals surface area contributed by atoms with Crippen molar-refractivity contribution in [2.24, 2.45) is 5.73 Å². The van der Waals surface area contributed by atoms with Gasteiger partial charge in [-0.2, -0.15) is 0 Å². The van der Waals surface area contributed by atoms with Gasteiger partial charge < -0.3 is 10.8 Å². The van der Waals surface area contributed by atoms with E-state index in [1.165, 1.54) is 0 Å². The second kappa shape index (κ2) is 3.78. The highest BCUT2D eigenvalue weighted by atomic mass is 16.3. The molecule has 0 saturated carbocycles. The molecule has 72 valence electrons. The molecule has 0 heterocycles. The third-order valence-electron chi connectivity index (χ3n) is 2.41. The zero-order valence-electron chi connectivity index (χ0n) is 7.85. The second-order valence-corrected chi connectivity index (χ2v) is 3.32. The fourth-order valence-corrected chi connectivity index (χ4v) is 1.67. The molecule has 2 aromatic carbocycles. The third kappa shape index (κ3) is 1.50. The average molecular weight is 187 g/mol. The van der Waals surface area contributed by atoms with E-state index in [0.717, 1.165) is 16.3 Å². The largest absolute Gasteiger partial charge is 0.387 e. The molecule has 0 aromatic heterocycles. The maximum Gasteiger partial charge on any atom is 0.0918 e. The van der Waals surface area contributed by atoms with Crippen LogP contribution in [0.4, 0.5) is 0 Å². The quantitative estimate of drug-likeness (QED) is 0.753. The molecule has 0 fully saturated rings. The summed E-state index contributed by atoms with van der Waals surface area (Å²) >= 11 is 0. The van der Waals surface area contributed by atoms with E-state index in [1.807, 2.05) is 42.5 Å². The van der Waals surface area contributed by atoms with Gasteiger partial charge in [0, 0.05) is 6.54 Å². The van der Waals surface area contributed by atoms with Gasteiger partial charge in [0.15, 0.2) is 0 Å². The van der Waals surface area contributed by atoms with Crippen molar-refractivity contribution in [2.45, 2.75) is 6.10 Å². The minimum atomic E-state index is -0.568. The standard InChI is InChI=1S/C12H13NO/c13-8-12(14)11-7-3-5-9-4-1-2-6-10(9)11/h1-7,12,14H,8,13H2/t12-/m0/s1. The van der Waals surface area contributed by atoms with E-state index in [0.29, 0.717) is 0 Å². The van der Waals surface area contributed by atoms with E-state index in [4.69, 9.17) is 5.73 Å². The average Bonchev–Trinajstić information content (AvgIpc) is 2.27. The fourth-order valence-electron chi connectivity index (χ4n) is 1.67. The zero-order valence-corrected chi connectivity index (χ0v) is 7.85. The van der Waals surface area contributed by atoms with Crippen molar-refractivity contribution in [1.29, 1.82) is 0 Å². The summed E-state index contributed by atoms with van der Waals surface area (Å²) in [6.45, 7) is 0.258. The Kier molecular flexibility index (Phi) is 2.48. The number of aliphatic hydroxyl groups is 1. The molecule has 0 amide bonds. The summed E-state index contributed by atoms with van der Waals surface area (Å²) in [7, 11) is 0. The van der Waals surface area contributed by atoms with Crippen LogP contribution in [-0.2, 0) is 0 Å². The minimum absolute atomic E-state index is 0.258. The van der Waals surface area contributed by atoms with Crippen molar-refractivity contribution in [3.8, 4) is 0 Å². The van der Waals surface area contributed by atoms with Crippen molar-refractivity contribution in [3.63, 3.8) is 0 Å². The Labute approximate surface area is 83.0 Å². The Hall–Kier alpha value is -1.38. The van der Waals surface area contributed by atoms with E-state index in [9.17, 15) is 5.11 Å². The summed E-state index contributed by atoms with van der Waals surface area (Å²) in [6.07, 6.45) is -0.568. The first kappa shape index (κ1) is 9.19. The van der Waals surface area contributed by atoms with Crippen LogP contribution in [0, 0.1) is 0 Å². The second-order valence-electron chi connectivity index (χ2n) is 3.32. The van der Waals surface area contributed by atoms with Crippen molar-refractivity contribution in [3.05, 3.63) is 48.0 Å². The molecular weight excluding hydrogens is 174 g/mol. The van der Waals surface area contributed by atoms with Crippen LogP contribution in [0.5, 0.6) is 0 Å². The van der Waals surface area contributed by atoms with Crippen molar-refractivity contribution in [1.82, 2.24) is 0 Å². The molecular formula is C12H13NO. The molecule has 2 aromatic rings. The first-order chi connectivity index (χ1) is 6.83. The molecule has 2 nitrogen and oxygen atoms in total. The van der Waals surface area contributed by atoms with Gasteiger partial charge in [0.25, 0.3) is 0 Å². The maximum atomic E-state index is 9.70. The molecule has 2 rings (SSSR count). The van der Waals surface area contributed by atoms with E-state index in [-0.39, 0.29) is 6.54 Å². The molecule has 0 radical (unpaired) electrons. The number of hydrogen-bond acceptors (Lipinski definition) is 2. The molecule has 0 aliphatic rings. The molecule has 0 aliphatic heterocycles. The maximum absolute atomic E-state index is 9.70. The molecule has 3 N–H and O–H groups in total. The van der Waals surface area contributed by atoms with Crippen molar-refractivity contribution < 1.29 is 5.11 Å². The van der Waals surface area contributed by atoms with Crippen LogP contribution in [0.2, 0.25) is 0 Å². The Morgan fingerprint density at radius 2 is 1.79 bits per heavy atom. The lowest BCUT2D eigenvalue weighted by Gasteiger charge is -2.11. The van der Waals surface area contributed by atoms with Gasteiger partial charge in [0.2, 0.25) is 0 Å². The van der Waals surface area contributed by atoms with Gasteiger partial charge in [-0.1, -0.05) is 42.5 Å². The van der Waals surface area contributed by atoms with Crippen LogP contribution in [0.15, 0.2) is 42.5 Å². The van der Waals surface area contributed by atoms with E-state index >= 15 is 0 Å². The van der Waals surface area contributed by atoms with E-state index in [2.05, 4.69) is 0 Å². The zero-order chi connectivity index (χ0) is 9.97. The molecule has 2 heteroatoms. The van der Waals surface area contributed by atoms with Gasteiger partial charge in [0.1, 0.15) is 0 Å². The monoisotopic (exact) mass is 187 g/mol. The normalized spacial score (nSPS) is 13.0. The lowest BCUT2D eigenvalue weighted by molar-refractivity contribution is 0.188. The minimum Gasteiger partial charge on any atom is -0.387 e. The third-order valence-corrected chi connectivity index (χ3v) is 2.41. The van der Waals surface area contributed by atoms with E-state index in [1.54, 1.807) is 0 Å². The predicted octanol–water partition coefficient (Wildman–Crippen LogP) is 1.83. The number of benzene rings is 2. The smallest absolute Gasteiger partial charge is 0.0918 e. The number of hydrogen-bond donors (Lipinski definition) is 2. The fraction of sp³-hybridized carbons (Fsp3) is 0.167. The van der Waals surface area contributed by atoms with Crippen LogP contribution >= 0.6 is 0 Å². The van der Waals surface area contributed by atoms with Crippen LogP contribution in [0.25, 0.3) is 10.8 Å². The van der Waals surface area contributed by atoms with Gasteiger partial charge >= 0.3 is 0 Å². The van der Waals surface area contributed by atoms with Gasteiger partial charge in [-0.05, 0) is 16.3 Å². The van der Waals surface area contributed by atoms with Crippen LogP contribution in [0.1, 0.15) is 11.7 Å². The van der Waals surface area contributed by atoms with Crippen LogP contribution < -0.4 is 5.73 Å². The topological polar surface area (TPSA) is 46.2 Å². The summed E-state index contributed by atoms with van der Waals surface area (Å²) in [5.74, 6) is 0. The van der Waals surface area contributed by atoms with Crippen molar-refractivity contribution in [2.75, 3.05) is 6.54 Å². The Morgan fingerprint density at radius 3 is 2.57 bits per heavy atom. The molecule has 0 unspecified atom stereocenters. The molecule has 14 heavy (non-hydrogen) atoms. The van der Waals surface area contributed by atoms with Crippen LogP contribution in [-0.4, -0.2) is 11.7 Å². The van der Waals surface area contributed by atoms with Crippen molar-refractivity contribution >= 4 is 10.8 Å². The first-order valence-corrected chi connectivity index (χ1v) is 4.68. The predicted molar refractivity (Wildman–Crippen MR) is 58.0 cm³/mol. The summed E-state index contributed by atoms with van der Waals surface area (Å²) in [5.41, 5.74) is 6.35. The highest BCUT2D eigenvalue weighted by Gasteiger charge is 2.07. The Morgan fingerprint density at radius 1 is 1.07 bits per heavy atom. The summed E-state index contributed by atoms with van der Waals surface area (Å²) in [5, 5.41) is 11.9. The first-order valence-electron chi connectivity index (χ1n) is 4.68. The lowest BCUT2D eigenvalue weighted by Crippen LogP contribution is -2.11. The number of rotatable bonds is 2. The van der Waals surface area contributed by atoms with Gasteiger partial charge in [-0.25, -0.2) is 0 Å².